The van der Waals surface area contributed by atoms with Crippen molar-refractivity contribution in [3.8, 4) is 16.9 Å². The number of aryl methyl sites for hydroxylation is 1. The number of carbonyl (C=O) groups is 1. The summed E-state index contributed by atoms with van der Waals surface area (Å²) in [6, 6.07) is 25.8. The summed E-state index contributed by atoms with van der Waals surface area (Å²) < 4.78 is 5.47. The van der Waals surface area contributed by atoms with Crippen LogP contribution in [-0.2, 0) is 4.79 Å². The van der Waals surface area contributed by atoms with Gasteiger partial charge in [0.15, 0.2) is 6.61 Å². The van der Waals surface area contributed by atoms with Crippen LogP contribution in [0.4, 0.5) is 0 Å². The van der Waals surface area contributed by atoms with Crippen molar-refractivity contribution in [2.75, 3.05) is 6.61 Å². The summed E-state index contributed by atoms with van der Waals surface area (Å²) in [5, 5.41) is 4.16. The number of nitrogens with zero attached hydrogens (tertiary/aromatic N) is 1. The largest absolute Gasteiger partial charge is 0.484 e. The maximum absolute atomic E-state index is 11.9. The number of hydrazone groups is 1. The number of hydrogen-bond donors (Lipinski definition) is 1. The van der Waals surface area contributed by atoms with Gasteiger partial charge in [0, 0.05) is 0 Å². The molecule has 4 nitrogen and oxygen atoms in total. The Labute approximate surface area is 159 Å². The smallest absolute Gasteiger partial charge is 0.277 e. The molecule has 0 atom stereocenters. The number of hydrogen-bond acceptors (Lipinski definition) is 3. The van der Waals surface area contributed by atoms with Crippen LogP contribution in [0.2, 0.25) is 0 Å². The van der Waals surface area contributed by atoms with Crippen molar-refractivity contribution in [3.05, 3.63) is 90.0 Å². The number of rotatable bonds is 6. The van der Waals surface area contributed by atoms with Crippen molar-refractivity contribution in [1.82, 2.24) is 5.43 Å². The molecule has 0 saturated heterocycles. The first-order valence-electron chi connectivity index (χ1n) is 8.80. The number of ether oxygens (including phenoxy) is 1. The van der Waals surface area contributed by atoms with Crippen molar-refractivity contribution in [2.24, 2.45) is 5.10 Å². The highest BCUT2D eigenvalue weighted by molar-refractivity contribution is 5.99. The first-order valence-corrected chi connectivity index (χ1v) is 8.80. The average Bonchev–Trinajstić information content (AvgIpc) is 2.71. The molecular formula is C23H22N2O2. The van der Waals surface area contributed by atoms with E-state index in [4.69, 9.17) is 4.74 Å². The van der Waals surface area contributed by atoms with Gasteiger partial charge in [-0.05, 0) is 48.2 Å². The highest BCUT2D eigenvalue weighted by Crippen LogP contribution is 2.19. The molecule has 4 heteroatoms. The first kappa shape index (κ1) is 18.4. The second-order valence-corrected chi connectivity index (χ2v) is 6.28. The molecule has 0 aromatic heterocycles. The molecule has 0 bridgehead atoms. The van der Waals surface area contributed by atoms with Crippen molar-refractivity contribution in [3.63, 3.8) is 0 Å². The standard InChI is InChI=1S/C23H22N2O2/c1-17-7-6-10-22(15-17)27-16-23(26)25-24-18(2)19-11-13-21(14-12-19)20-8-4-3-5-9-20/h3-15H,16H2,1-2H3,(H,25,26)/b24-18-. The Hall–Kier alpha value is -3.40. The topological polar surface area (TPSA) is 50.7 Å². The molecule has 3 aromatic rings. The molecule has 0 aliphatic rings. The van der Waals surface area contributed by atoms with E-state index in [-0.39, 0.29) is 12.5 Å². The highest BCUT2D eigenvalue weighted by atomic mass is 16.5. The summed E-state index contributed by atoms with van der Waals surface area (Å²) >= 11 is 0. The minimum absolute atomic E-state index is 0.0762. The Morgan fingerprint density at radius 3 is 2.33 bits per heavy atom. The Morgan fingerprint density at radius 2 is 1.63 bits per heavy atom. The molecule has 0 fully saturated rings. The summed E-state index contributed by atoms with van der Waals surface area (Å²) in [6.45, 7) is 3.76. The minimum atomic E-state index is -0.295. The van der Waals surface area contributed by atoms with Gasteiger partial charge in [0.2, 0.25) is 0 Å². The molecular weight excluding hydrogens is 336 g/mol. The van der Waals surface area contributed by atoms with Crippen molar-refractivity contribution in [2.45, 2.75) is 13.8 Å². The lowest BCUT2D eigenvalue weighted by Gasteiger charge is -2.07. The van der Waals surface area contributed by atoms with Crippen LogP contribution in [0.25, 0.3) is 11.1 Å². The van der Waals surface area contributed by atoms with Gasteiger partial charge in [0.05, 0.1) is 5.71 Å². The van der Waals surface area contributed by atoms with Gasteiger partial charge in [-0.3, -0.25) is 4.79 Å². The fourth-order valence-electron chi connectivity index (χ4n) is 2.63. The molecule has 0 unspecified atom stereocenters. The number of amides is 1. The van der Waals surface area contributed by atoms with E-state index in [0.29, 0.717) is 5.75 Å². The molecule has 0 radical (unpaired) electrons. The predicted octanol–water partition coefficient (Wildman–Crippen LogP) is 4.58. The van der Waals surface area contributed by atoms with Crippen LogP contribution in [0.3, 0.4) is 0 Å². The van der Waals surface area contributed by atoms with Crippen LogP contribution in [-0.4, -0.2) is 18.2 Å². The summed E-state index contributed by atoms with van der Waals surface area (Å²) in [6.07, 6.45) is 0. The maximum Gasteiger partial charge on any atom is 0.277 e. The summed E-state index contributed by atoms with van der Waals surface area (Å²) in [5.41, 5.74) is 7.62. The zero-order chi connectivity index (χ0) is 19.1. The van der Waals surface area contributed by atoms with E-state index in [1.54, 1.807) is 0 Å². The van der Waals surface area contributed by atoms with E-state index >= 15 is 0 Å². The van der Waals surface area contributed by atoms with E-state index in [1.165, 1.54) is 5.56 Å². The van der Waals surface area contributed by atoms with Crippen LogP contribution in [0.1, 0.15) is 18.1 Å². The van der Waals surface area contributed by atoms with Gasteiger partial charge in [-0.15, -0.1) is 0 Å². The molecule has 0 aliphatic carbocycles. The Bertz CT molecular complexity index is 932. The lowest BCUT2D eigenvalue weighted by Crippen LogP contribution is -2.25. The summed E-state index contributed by atoms with van der Waals surface area (Å²) in [4.78, 5) is 11.9. The lowest BCUT2D eigenvalue weighted by molar-refractivity contribution is -0.123. The Kier molecular flexibility index (Phi) is 6.00. The van der Waals surface area contributed by atoms with Crippen LogP contribution in [0.5, 0.6) is 5.75 Å². The highest BCUT2D eigenvalue weighted by Gasteiger charge is 2.04. The molecule has 0 saturated carbocycles. The zero-order valence-corrected chi connectivity index (χ0v) is 15.5. The minimum Gasteiger partial charge on any atom is -0.484 e. The van der Waals surface area contributed by atoms with Gasteiger partial charge in [0.25, 0.3) is 5.91 Å². The van der Waals surface area contributed by atoms with Crippen LogP contribution < -0.4 is 10.2 Å². The van der Waals surface area contributed by atoms with E-state index in [2.05, 4.69) is 22.7 Å². The second kappa shape index (κ2) is 8.81. The monoisotopic (exact) mass is 358 g/mol. The van der Waals surface area contributed by atoms with Crippen LogP contribution in [0.15, 0.2) is 84.0 Å². The molecule has 136 valence electrons. The van der Waals surface area contributed by atoms with Crippen LogP contribution in [0, 0.1) is 6.92 Å². The third-order valence-corrected chi connectivity index (χ3v) is 4.12. The number of benzene rings is 3. The molecule has 0 aliphatic heterocycles. The Morgan fingerprint density at radius 1 is 0.926 bits per heavy atom. The lowest BCUT2D eigenvalue weighted by atomic mass is 10.0. The van der Waals surface area contributed by atoms with Crippen molar-refractivity contribution >= 4 is 11.6 Å². The van der Waals surface area contributed by atoms with Gasteiger partial charge < -0.3 is 4.74 Å². The van der Waals surface area contributed by atoms with E-state index in [0.717, 1.165) is 22.4 Å². The second-order valence-electron chi connectivity index (χ2n) is 6.28. The predicted molar refractivity (Wildman–Crippen MR) is 109 cm³/mol. The van der Waals surface area contributed by atoms with Gasteiger partial charge in [-0.25, -0.2) is 5.43 Å². The number of carbonyl (C=O) groups excluding carboxylic acids is 1. The van der Waals surface area contributed by atoms with Gasteiger partial charge in [-0.1, -0.05) is 66.7 Å². The fraction of sp³-hybridized carbons (Fsp3) is 0.130. The first-order chi connectivity index (χ1) is 13.1. The average molecular weight is 358 g/mol. The summed E-state index contributed by atoms with van der Waals surface area (Å²) in [7, 11) is 0. The fourth-order valence-corrected chi connectivity index (χ4v) is 2.63. The molecule has 1 N–H and O–H groups in total. The molecule has 3 aromatic carbocycles. The SMILES string of the molecule is C/C(=N/NC(=O)COc1cccc(C)c1)c1ccc(-c2ccccc2)cc1. The number of nitrogens with one attached hydrogen (secondary N) is 1. The van der Waals surface area contributed by atoms with E-state index in [9.17, 15) is 4.79 Å². The normalized spacial score (nSPS) is 11.1. The maximum atomic E-state index is 11.9. The third-order valence-electron chi connectivity index (χ3n) is 4.12. The molecule has 27 heavy (non-hydrogen) atoms. The van der Waals surface area contributed by atoms with Crippen LogP contribution >= 0.6 is 0 Å². The molecule has 1 amide bonds. The third kappa shape index (κ3) is 5.28. The van der Waals surface area contributed by atoms with Crippen molar-refractivity contribution in [1.29, 1.82) is 0 Å². The van der Waals surface area contributed by atoms with Crippen molar-refractivity contribution < 1.29 is 9.53 Å². The van der Waals surface area contributed by atoms with Gasteiger partial charge in [-0.2, -0.15) is 5.10 Å². The van der Waals surface area contributed by atoms with E-state index in [1.807, 2.05) is 80.6 Å². The zero-order valence-electron chi connectivity index (χ0n) is 15.5. The van der Waals surface area contributed by atoms with Gasteiger partial charge >= 0.3 is 0 Å². The molecule has 0 spiro atoms. The van der Waals surface area contributed by atoms with Gasteiger partial charge in [0.1, 0.15) is 5.75 Å². The van der Waals surface area contributed by atoms with E-state index < -0.39 is 0 Å². The quantitative estimate of drug-likeness (QED) is 0.518. The summed E-state index contributed by atoms with van der Waals surface area (Å²) in [5.74, 6) is 0.374. The molecule has 0 heterocycles. The Balaban J connectivity index is 1.56. The molecule has 3 rings (SSSR count).